The van der Waals surface area contributed by atoms with Gasteiger partial charge in [-0.15, -0.1) is 0 Å². The largest absolute Gasteiger partial charge is 0.356 e. The number of nitrogens with one attached hydrogen (secondary N) is 3. The third-order valence-corrected chi connectivity index (χ3v) is 4.88. The van der Waals surface area contributed by atoms with Crippen LogP contribution in [0.3, 0.4) is 0 Å². The Kier molecular flexibility index (Phi) is 8.41. The molecule has 1 fully saturated rings. The van der Waals surface area contributed by atoms with Crippen molar-refractivity contribution in [2.75, 3.05) is 18.4 Å². The standard InChI is InChI=1S/C20H22BrClFN3O2/c1-3-24-19(27)15-11-25-18(17(15)16(23)9-4-6-12(2)22)20(28)26-14-8-5-7-13(21)10-14/h4-10,15,17-18,25H,2-3,11H2,1H3,(H,24,27)(H,26,28)/b6-4-,16-9-/t15-,17?,18?/m1/s1. The van der Waals surface area contributed by atoms with Gasteiger partial charge in [0, 0.05) is 34.2 Å². The molecule has 2 amide bonds. The molecule has 0 aromatic heterocycles. The third-order valence-electron chi connectivity index (χ3n) is 4.26. The molecule has 1 aromatic carbocycles. The zero-order valence-corrected chi connectivity index (χ0v) is 17.7. The molecule has 3 atom stereocenters. The maximum atomic E-state index is 15.0. The molecule has 0 bridgehead atoms. The van der Waals surface area contributed by atoms with E-state index in [9.17, 15) is 14.0 Å². The Balaban J connectivity index is 2.26. The number of carbonyl (C=O) groups is 2. The summed E-state index contributed by atoms with van der Waals surface area (Å²) in [7, 11) is 0. The Bertz CT molecular complexity index is 812. The first kappa shape index (κ1) is 22.3. The maximum Gasteiger partial charge on any atom is 0.242 e. The second-order valence-corrected chi connectivity index (χ2v) is 7.67. The summed E-state index contributed by atoms with van der Waals surface area (Å²) >= 11 is 8.99. The van der Waals surface area contributed by atoms with Gasteiger partial charge in [-0.2, -0.15) is 0 Å². The van der Waals surface area contributed by atoms with Crippen LogP contribution in [0.1, 0.15) is 6.92 Å². The highest BCUT2D eigenvalue weighted by Crippen LogP contribution is 2.32. The average Bonchev–Trinajstić information content (AvgIpc) is 3.07. The van der Waals surface area contributed by atoms with Gasteiger partial charge in [-0.3, -0.25) is 9.59 Å². The molecule has 1 aliphatic rings. The first-order valence-electron chi connectivity index (χ1n) is 8.79. The second kappa shape index (κ2) is 10.5. The topological polar surface area (TPSA) is 70.2 Å². The van der Waals surface area contributed by atoms with Gasteiger partial charge >= 0.3 is 0 Å². The van der Waals surface area contributed by atoms with Crippen LogP contribution >= 0.6 is 27.5 Å². The van der Waals surface area contributed by atoms with Crippen molar-refractivity contribution in [3.63, 3.8) is 0 Å². The molecule has 3 N–H and O–H groups in total. The summed E-state index contributed by atoms with van der Waals surface area (Å²) in [6, 6.07) is 6.19. The zero-order chi connectivity index (χ0) is 20.7. The molecule has 5 nitrogen and oxygen atoms in total. The van der Waals surface area contributed by atoms with Crippen LogP contribution in [0.25, 0.3) is 0 Å². The number of allylic oxidation sites excluding steroid dienone is 4. The molecule has 1 heterocycles. The fourth-order valence-corrected chi connectivity index (χ4v) is 3.52. The van der Waals surface area contributed by atoms with E-state index < -0.39 is 29.6 Å². The highest BCUT2D eigenvalue weighted by atomic mass is 79.9. The van der Waals surface area contributed by atoms with Crippen LogP contribution in [0.15, 0.2) is 64.4 Å². The molecule has 0 spiro atoms. The summed E-state index contributed by atoms with van der Waals surface area (Å²) < 4.78 is 15.8. The highest BCUT2D eigenvalue weighted by Gasteiger charge is 2.45. The number of amides is 2. The van der Waals surface area contributed by atoms with Crippen molar-refractivity contribution >= 4 is 45.0 Å². The number of halogens is 3. The van der Waals surface area contributed by atoms with Crippen LogP contribution in [0, 0.1) is 11.8 Å². The van der Waals surface area contributed by atoms with Crippen molar-refractivity contribution in [1.29, 1.82) is 0 Å². The van der Waals surface area contributed by atoms with E-state index in [2.05, 4.69) is 38.5 Å². The predicted molar refractivity (Wildman–Crippen MR) is 114 cm³/mol. The van der Waals surface area contributed by atoms with E-state index in [4.69, 9.17) is 11.6 Å². The summed E-state index contributed by atoms with van der Waals surface area (Å²) in [6.45, 7) is 5.90. The summed E-state index contributed by atoms with van der Waals surface area (Å²) in [6.07, 6.45) is 4.04. The molecule has 1 aromatic rings. The molecule has 0 aliphatic carbocycles. The number of hydrogen-bond donors (Lipinski definition) is 3. The van der Waals surface area contributed by atoms with E-state index in [1.165, 1.54) is 18.2 Å². The van der Waals surface area contributed by atoms with Gasteiger partial charge in [-0.05, 0) is 37.3 Å². The van der Waals surface area contributed by atoms with Gasteiger partial charge in [0.1, 0.15) is 5.83 Å². The van der Waals surface area contributed by atoms with E-state index in [0.29, 0.717) is 12.2 Å². The summed E-state index contributed by atoms with van der Waals surface area (Å²) in [5.41, 5.74) is 0.573. The molecule has 150 valence electrons. The third kappa shape index (κ3) is 6.02. The number of rotatable bonds is 7. The Labute approximate surface area is 177 Å². The average molecular weight is 471 g/mol. The molecule has 2 rings (SSSR count). The van der Waals surface area contributed by atoms with Crippen molar-refractivity contribution in [3.05, 3.63) is 64.4 Å². The van der Waals surface area contributed by atoms with Crippen molar-refractivity contribution in [2.45, 2.75) is 13.0 Å². The molecular formula is C20H22BrClFN3O2. The molecule has 1 saturated heterocycles. The van der Waals surface area contributed by atoms with Crippen LogP contribution in [0.5, 0.6) is 0 Å². The number of anilines is 1. The normalized spacial score (nSPS) is 22.3. The molecule has 0 saturated carbocycles. The lowest BCUT2D eigenvalue weighted by atomic mass is 9.87. The van der Waals surface area contributed by atoms with Crippen LogP contribution in [0.2, 0.25) is 0 Å². The lowest BCUT2D eigenvalue weighted by Gasteiger charge is -2.21. The Morgan fingerprint density at radius 2 is 2.18 bits per heavy atom. The molecule has 0 radical (unpaired) electrons. The number of benzene rings is 1. The monoisotopic (exact) mass is 469 g/mol. The van der Waals surface area contributed by atoms with Crippen LogP contribution in [0.4, 0.5) is 10.1 Å². The second-order valence-electron chi connectivity index (χ2n) is 6.27. The van der Waals surface area contributed by atoms with Gasteiger partial charge in [-0.1, -0.05) is 46.3 Å². The predicted octanol–water partition coefficient (Wildman–Crippen LogP) is 3.89. The lowest BCUT2D eigenvalue weighted by Crippen LogP contribution is -2.42. The van der Waals surface area contributed by atoms with Crippen molar-refractivity contribution < 1.29 is 14.0 Å². The van der Waals surface area contributed by atoms with Crippen LogP contribution in [-0.4, -0.2) is 30.9 Å². The van der Waals surface area contributed by atoms with E-state index >= 15 is 0 Å². The quantitative estimate of drug-likeness (QED) is 0.530. The first-order valence-corrected chi connectivity index (χ1v) is 9.96. The van der Waals surface area contributed by atoms with Gasteiger partial charge in [0.05, 0.1) is 12.0 Å². The fraction of sp³-hybridized carbons (Fsp3) is 0.300. The van der Waals surface area contributed by atoms with Gasteiger partial charge in [0.25, 0.3) is 0 Å². The van der Waals surface area contributed by atoms with E-state index in [-0.39, 0.29) is 17.5 Å². The van der Waals surface area contributed by atoms with Gasteiger partial charge in [0.15, 0.2) is 0 Å². The highest BCUT2D eigenvalue weighted by molar-refractivity contribution is 9.10. The Hall–Kier alpha value is -1.96. The number of carbonyl (C=O) groups excluding carboxylic acids is 2. The van der Waals surface area contributed by atoms with Crippen molar-refractivity contribution in [2.24, 2.45) is 11.8 Å². The lowest BCUT2D eigenvalue weighted by molar-refractivity contribution is -0.125. The SMILES string of the molecule is C=C(Cl)/C=C\C=C(/F)C1C(C(=O)Nc2cccc(Br)c2)NC[C@H]1C(=O)NCC. The van der Waals surface area contributed by atoms with Crippen molar-refractivity contribution in [1.82, 2.24) is 10.6 Å². The van der Waals surface area contributed by atoms with Gasteiger partial charge in [0.2, 0.25) is 11.8 Å². The summed E-state index contributed by atoms with van der Waals surface area (Å²) in [5, 5.41) is 8.69. The summed E-state index contributed by atoms with van der Waals surface area (Å²) in [4.78, 5) is 25.2. The van der Waals surface area contributed by atoms with E-state index in [1.807, 2.05) is 6.07 Å². The van der Waals surface area contributed by atoms with Crippen LogP contribution in [-0.2, 0) is 9.59 Å². The molecule has 8 heteroatoms. The van der Waals surface area contributed by atoms with Crippen molar-refractivity contribution in [3.8, 4) is 0 Å². The Morgan fingerprint density at radius 3 is 2.82 bits per heavy atom. The van der Waals surface area contributed by atoms with Gasteiger partial charge in [-0.25, -0.2) is 4.39 Å². The maximum absolute atomic E-state index is 15.0. The summed E-state index contributed by atoms with van der Waals surface area (Å²) in [5.74, 6) is -2.94. The smallest absolute Gasteiger partial charge is 0.242 e. The minimum atomic E-state index is -0.938. The molecule has 2 unspecified atom stereocenters. The molecule has 1 aliphatic heterocycles. The Morgan fingerprint density at radius 1 is 1.43 bits per heavy atom. The van der Waals surface area contributed by atoms with Gasteiger partial charge < -0.3 is 16.0 Å². The van der Waals surface area contributed by atoms with Crippen LogP contribution < -0.4 is 16.0 Å². The van der Waals surface area contributed by atoms with E-state index in [0.717, 1.165) is 4.47 Å². The zero-order valence-electron chi connectivity index (χ0n) is 15.3. The molecular weight excluding hydrogens is 449 g/mol. The minimum absolute atomic E-state index is 0.195. The first-order chi connectivity index (χ1) is 13.3. The minimum Gasteiger partial charge on any atom is -0.356 e. The number of hydrogen-bond acceptors (Lipinski definition) is 3. The molecule has 28 heavy (non-hydrogen) atoms. The fourth-order valence-electron chi connectivity index (χ4n) is 3.05. The van der Waals surface area contributed by atoms with E-state index in [1.54, 1.807) is 25.1 Å².